The molecule has 1 aliphatic heterocycles. The molecule has 0 spiro atoms. The highest BCUT2D eigenvalue weighted by molar-refractivity contribution is 5.88. The molecule has 1 atom stereocenters. The van der Waals surface area contributed by atoms with Crippen molar-refractivity contribution in [2.75, 3.05) is 13.1 Å². The van der Waals surface area contributed by atoms with E-state index in [2.05, 4.69) is 20.8 Å². The first-order valence-electron chi connectivity index (χ1n) is 8.35. The van der Waals surface area contributed by atoms with Gasteiger partial charge in [0.15, 0.2) is 5.82 Å². The summed E-state index contributed by atoms with van der Waals surface area (Å²) in [4.78, 5) is 30.0. The van der Waals surface area contributed by atoms with Gasteiger partial charge in [-0.2, -0.15) is 4.98 Å². The molecule has 0 bridgehead atoms. The average Bonchev–Trinajstić information content (AvgIpc) is 3.07. The topological polar surface area (TPSA) is 100 Å². The molecule has 3 rings (SSSR count). The van der Waals surface area contributed by atoms with Gasteiger partial charge in [0.05, 0.1) is 6.54 Å². The van der Waals surface area contributed by atoms with Gasteiger partial charge in [-0.05, 0) is 12.0 Å². The third-order valence-electron chi connectivity index (χ3n) is 4.08. The van der Waals surface area contributed by atoms with Crippen LogP contribution in [0.3, 0.4) is 0 Å². The Kier molecular flexibility index (Phi) is 5.27. The quantitative estimate of drug-likeness (QED) is 0.846. The van der Waals surface area contributed by atoms with Crippen molar-refractivity contribution >= 4 is 11.9 Å². The van der Waals surface area contributed by atoms with Gasteiger partial charge in [0.25, 0.3) is 0 Å². The lowest BCUT2D eigenvalue weighted by Gasteiger charge is -2.34. The van der Waals surface area contributed by atoms with Crippen molar-refractivity contribution in [3.05, 3.63) is 47.6 Å². The largest absolute Gasteiger partial charge is 0.353 e. The Hall–Kier alpha value is -2.90. The van der Waals surface area contributed by atoms with Crippen LogP contribution in [0, 0.1) is 0 Å². The van der Waals surface area contributed by atoms with Crippen LogP contribution in [-0.2, 0) is 17.8 Å². The number of nitrogens with zero attached hydrogens (tertiary/aromatic N) is 3. The molecule has 2 aromatic rings. The first-order valence-corrected chi connectivity index (χ1v) is 8.35. The standard InChI is InChI=1S/C17H21N5O3/c1-2-13-16(23)18-8-9-22(13)17(24)19-11-15-20-14(21-25-15)10-12-6-4-3-5-7-12/h3-7,13H,2,8-11H2,1H3,(H,18,23)(H,19,24). The second kappa shape index (κ2) is 7.78. The molecule has 25 heavy (non-hydrogen) atoms. The minimum atomic E-state index is -0.440. The summed E-state index contributed by atoms with van der Waals surface area (Å²) in [6, 6.07) is 9.10. The van der Waals surface area contributed by atoms with E-state index in [9.17, 15) is 9.59 Å². The van der Waals surface area contributed by atoms with Crippen molar-refractivity contribution in [3.63, 3.8) is 0 Å². The normalized spacial score (nSPS) is 17.2. The van der Waals surface area contributed by atoms with E-state index in [0.717, 1.165) is 5.56 Å². The maximum atomic E-state index is 12.3. The van der Waals surface area contributed by atoms with E-state index in [1.54, 1.807) is 4.90 Å². The van der Waals surface area contributed by atoms with Crippen LogP contribution in [0.25, 0.3) is 0 Å². The summed E-state index contributed by atoms with van der Waals surface area (Å²) in [6.45, 7) is 2.96. The third-order valence-corrected chi connectivity index (χ3v) is 4.08. The highest BCUT2D eigenvalue weighted by atomic mass is 16.5. The van der Waals surface area contributed by atoms with E-state index in [-0.39, 0.29) is 18.5 Å². The van der Waals surface area contributed by atoms with E-state index in [0.29, 0.717) is 37.6 Å². The average molecular weight is 343 g/mol. The van der Waals surface area contributed by atoms with E-state index < -0.39 is 6.04 Å². The molecule has 1 aliphatic rings. The van der Waals surface area contributed by atoms with Crippen molar-refractivity contribution < 1.29 is 14.1 Å². The SMILES string of the molecule is CCC1C(=O)NCCN1C(=O)NCc1nc(Cc2ccccc2)no1. The van der Waals surface area contributed by atoms with E-state index in [1.165, 1.54) is 0 Å². The molecule has 0 radical (unpaired) electrons. The van der Waals surface area contributed by atoms with Crippen LogP contribution in [0.2, 0.25) is 0 Å². The fourth-order valence-electron chi connectivity index (χ4n) is 2.83. The molecule has 2 N–H and O–H groups in total. The number of aromatic nitrogens is 2. The number of carbonyl (C=O) groups is 2. The predicted octanol–water partition coefficient (Wildman–Crippen LogP) is 1.08. The number of carbonyl (C=O) groups excluding carboxylic acids is 2. The monoisotopic (exact) mass is 343 g/mol. The number of hydrogen-bond donors (Lipinski definition) is 2. The van der Waals surface area contributed by atoms with E-state index in [4.69, 9.17) is 4.52 Å². The van der Waals surface area contributed by atoms with Crippen LogP contribution in [-0.4, -0.2) is 46.1 Å². The number of benzene rings is 1. The second-order valence-corrected chi connectivity index (χ2v) is 5.83. The number of hydrogen-bond acceptors (Lipinski definition) is 5. The summed E-state index contributed by atoms with van der Waals surface area (Å²) in [5, 5.41) is 9.44. The van der Waals surface area contributed by atoms with Crippen molar-refractivity contribution in [1.82, 2.24) is 25.7 Å². The van der Waals surface area contributed by atoms with Crippen molar-refractivity contribution in [2.45, 2.75) is 32.4 Å². The summed E-state index contributed by atoms with van der Waals surface area (Å²) in [5.74, 6) is 0.792. The van der Waals surface area contributed by atoms with Crippen LogP contribution in [0.5, 0.6) is 0 Å². The van der Waals surface area contributed by atoms with Crippen molar-refractivity contribution in [2.24, 2.45) is 0 Å². The minimum Gasteiger partial charge on any atom is -0.353 e. The van der Waals surface area contributed by atoms with E-state index >= 15 is 0 Å². The smallest absolute Gasteiger partial charge is 0.318 e. The molecule has 1 unspecified atom stereocenters. The Bertz CT molecular complexity index is 731. The van der Waals surface area contributed by atoms with Crippen LogP contribution >= 0.6 is 0 Å². The van der Waals surface area contributed by atoms with Gasteiger partial charge in [-0.15, -0.1) is 0 Å². The van der Waals surface area contributed by atoms with E-state index in [1.807, 2.05) is 37.3 Å². The Labute approximate surface area is 145 Å². The maximum Gasteiger partial charge on any atom is 0.318 e. The molecule has 1 fully saturated rings. The Morgan fingerprint density at radius 1 is 1.40 bits per heavy atom. The van der Waals surface area contributed by atoms with Gasteiger partial charge in [0, 0.05) is 19.5 Å². The number of rotatable bonds is 5. The maximum absolute atomic E-state index is 12.3. The van der Waals surface area contributed by atoms with Crippen molar-refractivity contribution in [3.8, 4) is 0 Å². The molecule has 1 aromatic carbocycles. The molecule has 132 valence electrons. The molecule has 3 amide bonds. The van der Waals surface area contributed by atoms with Crippen LogP contribution in [0.15, 0.2) is 34.9 Å². The molecular weight excluding hydrogens is 322 g/mol. The van der Waals surface area contributed by atoms with Gasteiger partial charge in [-0.25, -0.2) is 4.79 Å². The van der Waals surface area contributed by atoms with Crippen LogP contribution in [0.4, 0.5) is 4.79 Å². The zero-order valence-corrected chi connectivity index (χ0v) is 14.1. The summed E-state index contributed by atoms with van der Waals surface area (Å²) in [5.41, 5.74) is 1.09. The lowest BCUT2D eigenvalue weighted by Crippen LogP contribution is -2.59. The fraction of sp³-hybridized carbons (Fsp3) is 0.412. The molecule has 1 saturated heterocycles. The van der Waals surface area contributed by atoms with Gasteiger partial charge in [0.1, 0.15) is 6.04 Å². The highest BCUT2D eigenvalue weighted by Crippen LogP contribution is 2.10. The van der Waals surface area contributed by atoms with Gasteiger partial charge >= 0.3 is 6.03 Å². The minimum absolute atomic E-state index is 0.119. The number of urea groups is 1. The third kappa shape index (κ3) is 4.14. The Morgan fingerprint density at radius 2 is 2.20 bits per heavy atom. The summed E-state index contributed by atoms with van der Waals surface area (Å²) >= 11 is 0. The molecule has 2 heterocycles. The van der Waals surface area contributed by atoms with Crippen LogP contribution < -0.4 is 10.6 Å². The van der Waals surface area contributed by atoms with Crippen molar-refractivity contribution in [1.29, 1.82) is 0 Å². The molecular formula is C17H21N5O3. The number of piperazine rings is 1. The summed E-state index contributed by atoms with van der Waals surface area (Å²) in [6.07, 6.45) is 1.14. The Morgan fingerprint density at radius 3 is 2.96 bits per heavy atom. The van der Waals surface area contributed by atoms with Gasteiger partial charge in [0.2, 0.25) is 11.8 Å². The van der Waals surface area contributed by atoms with Crippen LogP contribution in [0.1, 0.15) is 30.6 Å². The second-order valence-electron chi connectivity index (χ2n) is 5.83. The number of amides is 3. The van der Waals surface area contributed by atoms with Gasteiger partial charge in [-0.1, -0.05) is 42.4 Å². The van der Waals surface area contributed by atoms with Gasteiger partial charge < -0.3 is 20.1 Å². The highest BCUT2D eigenvalue weighted by Gasteiger charge is 2.31. The first kappa shape index (κ1) is 16.9. The predicted molar refractivity (Wildman–Crippen MR) is 89.6 cm³/mol. The number of nitrogens with one attached hydrogen (secondary N) is 2. The molecule has 8 heteroatoms. The fourth-order valence-corrected chi connectivity index (χ4v) is 2.83. The lowest BCUT2D eigenvalue weighted by atomic mass is 10.1. The molecule has 8 nitrogen and oxygen atoms in total. The molecule has 1 aromatic heterocycles. The first-order chi connectivity index (χ1) is 12.2. The Balaban J connectivity index is 1.55. The molecule has 0 aliphatic carbocycles. The summed E-state index contributed by atoms with van der Waals surface area (Å²) < 4.78 is 5.18. The lowest BCUT2D eigenvalue weighted by molar-refractivity contribution is -0.127. The zero-order valence-electron chi connectivity index (χ0n) is 14.1. The van der Waals surface area contributed by atoms with Gasteiger partial charge in [-0.3, -0.25) is 4.79 Å². The molecule has 0 saturated carbocycles. The zero-order chi connectivity index (χ0) is 17.6. The summed E-state index contributed by atoms with van der Waals surface area (Å²) in [7, 11) is 0.